The van der Waals surface area contributed by atoms with Gasteiger partial charge < -0.3 is 0 Å². The van der Waals surface area contributed by atoms with Crippen molar-refractivity contribution in [2.24, 2.45) is 0 Å². The Labute approximate surface area is 116 Å². The molecule has 0 aliphatic heterocycles. The van der Waals surface area contributed by atoms with Crippen LogP contribution in [0.1, 0.15) is 5.56 Å². The van der Waals surface area contributed by atoms with Crippen LogP contribution >= 0.6 is 0 Å². The number of rotatable bonds is 0. The summed E-state index contributed by atoms with van der Waals surface area (Å²) in [5, 5.41) is 6.47. The molecule has 0 heterocycles. The number of hydrogen-bond donors (Lipinski definition) is 0. The Morgan fingerprint density at radius 2 is 1.50 bits per heavy atom. The summed E-state index contributed by atoms with van der Waals surface area (Å²) in [5.74, 6) is -0.143. The second-order valence-electron chi connectivity index (χ2n) is 5.24. The predicted octanol–water partition coefficient (Wildman–Crippen LogP) is 5.59. The predicted molar refractivity (Wildman–Crippen MR) is 83.7 cm³/mol. The van der Waals surface area contributed by atoms with Gasteiger partial charge in [0.25, 0.3) is 0 Å². The van der Waals surface area contributed by atoms with Gasteiger partial charge in [0.15, 0.2) is 0 Å². The van der Waals surface area contributed by atoms with Gasteiger partial charge in [-0.15, -0.1) is 0 Å². The Hall–Kier alpha value is -2.41. The number of aryl methyl sites for hydroxylation is 1. The molecule has 4 rings (SSSR count). The van der Waals surface area contributed by atoms with Crippen molar-refractivity contribution in [3.63, 3.8) is 0 Å². The van der Waals surface area contributed by atoms with Crippen molar-refractivity contribution in [1.82, 2.24) is 0 Å². The van der Waals surface area contributed by atoms with E-state index >= 15 is 0 Å². The van der Waals surface area contributed by atoms with E-state index in [0.29, 0.717) is 0 Å². The van der Waals surface area contributed by atoms with Crippen molar-refractivity contribution in [3.8, 4) is 0 Å². The fraction of sp³-hybridized carbons (Fsp3) is 0.0526. The lowest BCUT2D eigenvalue weighted by Gasteiger charge is -2.10. The van der Waals surface area contributed by atoms with Crippen LogP contribution < -0.4 is 0 Å². The summed E-state index contributed by atoms with van der Waals surface area (Å²) in [6.07, 6.45) is 0. The highest BCUT2D eigenvalue weighted by molar-refractivity contribution is 6.18. The van der Waals surface area contributed by atoms with Gasteiger partial charge in [0, 0.05) is 5.39 Å². The summed E-state index contributed by atoms with van der Waals surface area (Å²) in [7, 11) is 0. The third kappa shape index (κ3) is 1.47. The Balaban J connectivity index is 2.33. The first kappa shape index (κ1) is 11.4. The van der Waals surface area contributed by atoms with E-state index < -0.39 is 0 Å². The zero-order chi connectivity index (χ0) is 13.7. The molecule has 0 aromatic heterocycles. The maximum Gasteiger partial charge on any atom is 0.131 e. The van der Waals surface area contributed by atoms with Crippen LogP contribution in [0.4, 0.5) is 4.39 Å². The fourth-order valence-electron chi connectivity index (χ4n) is 3.12. The second-order valence-corrected chi connectivity index (χ2v) is 5.24. The van der Waals surface area contributed by atoms with Gasteiger partial charge in [-0.1, -0.05) is 54.6 Å². The summed E-state index contributed by atoms with van der Waals surface area (Å²) >= 11 is 0. The molecule has 0 aliphatic carbocycles. The molecule has 4 aromatic rings. The Morgan fingerprint density at radius 1 is 0.700 bits per heavy atom. The molecule has 0 saturated carbocycles. The zero-order valence-electron chi connectivity index (χ0n) is 11.2. The van der Waals surface area contributed by atoms with E-state index in [0.717, 1.165) is 21.7 Å². The minimum Gasteiger partial charge on any atom is -0.206 e. The summed E-state index contributed by atoms with van der Waals surface area (Å²) in [4.78, 5) is 0. The second kappa shape index (κ2) is 4.04. The topological polar surface area (TPSA) is 0 Å². The third-order valence-electron chi connectivity index (χ3n) is 4.03. The number of halogens is 1. The van der Waals surface area contributed by atoms with E-state index in [2.05, 4.69) is 30.3 Å². The quantitative estimate of drug-likeness (QED) is 0.361. The smallest absolute Gasteiger partial charge is 0.131 e. The van der Waals surface area contributed by atoms with Crippen LogP contribution in [0.2, 0.25) is 0 Å². The molecule has 0 fully saturated rings. The van der Waals surface area contributed by atoms with Crippen LogP contribution in [0, 0.1) is 12.7 Å². The summed E-state index contributed by atoms with van der Waals surface area (Å²) in [5.41, 5.74) is 0.988. The van der Waals surface area contributed by atoms with E-state index in [-0.39, 0.29) is 5.82 Å². The molecule has 0 N–H and O–H groups in total. The van der Waals surface area contributed by atoms with Crippen molar-refractivity contribution in [3.05, 3.63) is 72.0 Å². The van der Waals surface area contributed by atoms with Gasteiger partial charge in [-0.2, -0.15) is 0 Å². The average molecular weight is 260 g/mol. The molecule has 0 aliphatic rings. The van der Waals surface area contributed by atoms with Crippen molar-refractivity contribution >= 4 is 32.3 Å². The first-order valence-corrected chi connectivity index (χ1v) is 6.75. The SMILES string of the molecule is Cc1cc2c3ccccc3ccc2c2cccc(F)c12. The molecule has 20 heavy (non-hydrogen) atoms. The maximum absolute atomic E-state index is 14.1. The van der Waals surface area contributed by atoms with E-state index in [1.807, 2.05) is 25.1 Å². The monoisotopic (exact) mass is 260 g/mol. The van der Waals surface area contributed by atoms with Crippen LogP contribution in [0.5, 0.6) is 0 Å². The lowest BCUT2D eigenvalue weighted by molar-refractivity contribution is 0.639. The molecule has 0 unspecified atom stereocenters. The average Bonchev–Trinajstić information content (AvgIpc) is 2.47. The van der Waals surface area contributed by atoms with Gasteiger partial charge in [-0.3, -0.25) is 0 Å². The van der Waals surface area contributed by atoms with Crippen LogP contribution in [-0.2, 0) is 0 Å². The molecule has 0 bridgehead atoms. The Morgan fingerprint density at radius 3 is 2.40 bits per heavy atom. The largest absolute Gasteiger partial charge is 0.206 e. The molecule has 0 spiro atoms. The highest BCUT2D eigenvalue weighted by Crippen LogP contribution is 2.34. The zero-order valence-corrected chi connectivity index (χ0v) is 11.2. The summed E-state index contributed by atoms with van der Waals surface area (Å²) in [6, 6.07) is 20.0. The Bertz CT molecular complexity index is 967. The van der Waals surface area contributed by atoms with Gasteiger partial charge in [0.05, 0.1) is 0 Å². The standard InChI is InChI=1S/C19H13F/c1-12-11-17-14-6-3-2-5-13(14)9-10-15(17)16-7-4-8-18(20)19(12)16/h2-11H,1H3. The van der Waals surface area contributed by atoms with Crippen molar-refractivity contribution < 1.29 is 4.39 Å². The molecular formula is C19H13F. The maximum atomic E-state index is 14.1. The Kier molecular flexibility index (Phi) is 2.31. The van der Waals surface area contributed by atoms with Crippen LogP contribution in [0.25, 0.3) is 32.3 Å². The van der Waals surface area contributed by atoms with E-state index in [1.54, 1.807) is 6.07 Å². The minimum atomic E-state index is -0.143. The summed E-state index contributed by atoms with van der Waals surface area (Å²) < 4.78 is 14.1. The normalized spacial score (nSPS) is 11.5. The van der Waals surface area contributed by atoms with Crippen molar-refractivity contribution in [2.45, 2.75) is 6.92 Å². The van der Waals surface area contributed by atoms with Crippen molar-refractivity contribution in [2.75, 3.05) is 0 Å². The van der Waals surface area contributed by atoms with E-state index in [9.17, 15) is 4.39 Å². The molecule has 1 heteroatoms. The molecule has 0 radical (unpaired) electrons. The third-order valence-corrected chi connectivity index (χ3v) is 4.03. The molecular weight excluding hydrogens is 247 g/mol. The van der Waals surface area contributed by atoms with Gasteiger partial charge >= 0.3 is 0 Å². The van der Waals surface area contributed by atoms with E-state index in [4.69, 9.17) is 0 Å². The van der Waals surface area contributed by atoms with Gasteiger partial charge in [-0.05, 0) is 45.5 Å². The molecule has 0 saturated heterocycles. The fourth-order valence-corrected chi connectivity index (χ4v) is 3.12. The molecule has 96 valence electrons. The van der Waals surface area contributed by atoms with Gasteiger partial charge in [-0.25, -0.2) is 4.39 Å². The first-order valence-electron chi connectivity index (χ1n) is 6.75. The first-order chi connectivity index (χ1) is 9.75. The number of hydrogen-bond acceptors (Lipinski definition) is 0. The van der Waals surface area contributed by atoms with Gasteiger partial charge in [0.1, 0.15) is 5.82 Å². The van der Waals surface area contributed by atoms with Crippen LogP contribution in [-0.4, -0.2) is 0 Å². The minimum absolute atomic E-state index is 0.143. The van der Waals surface area contributed by atoms with Crippen LogP contribution in [0.3, 0.4) is 0 Å². The molecule has 4 aromatic carbocycles. The molecule has 0 amide bonds. The highest BCUT2D eigenvalue weighted by Gasteiger charge is 2.09. The lowest BCUT2D eigenvalue weighted by Crippen LogP contribution is -1.87. The number of fused-ring (bicyclic) bond motifs is 5. The molecule has 0 atom stereocenters. The molecule has 0 nitrogen and oxygen atoms in total. The lowest BCUT2D eigenvalue weighted by atomic mass is 9.94. The number of benzene rings is 4. The van der Waals surface area contributed by atoms with Crippen molar-refractivity contribution in [1.29, 1.82) is 0 Å². The van der Waals surface area contributed by atoms with E-state index in [1.165, 1.54) is 22.2 Å². The van der Waals surface area contributed by atoms with Gasteiger partial charge in [0.2, 0.25) is 0 Å². The highest BCUT2D eigenvalue weighted by atomic mass is 19.1. The van der Waals surface area contributed by atoms with Crippen LogP contribution in [0.15, 0.2) is 60.7 Å². The summed E-state index contributed by atoms with van der Waals surface area (Å²) in [6.45, 7) is 1.98.